The van der Waals surface area contributed by atoms with Crippen LogP contribution in [0.15, 0.2) is 35.4 Å². The molecule has 0 saturated carbocycles. The highest BCUT2D eigenvalue weighted by Gasteiger charge is 2.18. The molecule has 0 fully saturated rings. The number of H-pyrrole nitrogens is 1. The highest BCUT2D eigenvalue weighted by Crippen LogP contribution is 2.27. The van der Waals surface area contributed by atoms with Gasteiger partial charge >= 0.3 is 0 Å². The van der Waals surface area contributed by atoms with Gasteiger partial charge in [0.2, 0.25) is 0 Å². The molecule has 0 bridgehead atoms. The zero-order valence-corrected chi connectivity index (χ0v) is 10.7. The molecule has 1 aromatic heterocycles. The largest absolute Gasteiger partial charge is 0.276 e. The summed E-state index contributed by atoms with van der Waals surface area (Å²) in [7, 11) is 1.55. The predicted octanol–water partition coefficient (Wildman–Crippen LogP) is 2.57. The lowest BCUT2D eigenvalue weighted by molar-refractivity contribution is 0.610. The number of halogens is 1. The lowest BCUT2D eigenvalue weighted by Crippen LogP contribution is -1.92. The van der Waals surface area contributed by atoms with Gasteiger partial charge in [0.05, 0.1) is 11.9 Å². The highest BCUT2D eigenvalue weighted by atomic mass is 35.7. The number of nitrogens with zero attached hydrogens (tertiary/aromatic N) is 1. The van der Waals surface area contributed by atoms with Crippen molar-refractivity contribution in [1.29, 1.82) is 0 Å². The van der Waals surface area contributed by atoms with E-state index < -0.39 is 9.05 Å². The van der Waals surface area contributed by atoms with Crippen molar-refractivity contribution in [3.8, 4) is 11.3 Å². The Hall–Kier alpha value is -1.33. The van der Waals surface area contributed by atoms with Crippen LogP contribution in [0.2, 0.25) is 0 Å². The van der Waals surface area contributed by atoms with E-state index in [0.717, 1.165) is 12.0 Å². The number of nitrogens with one attached hydrogen (secondary N) is 1. The number of rotatable bonds is 3. The van der Waals surface area contributed by atoms with Crippen molar-refractivity contribution in [2.24, 2.45) is 0 Å². The van der Waals surface area contributed by atoms with E-state index in [1.807, 2.05) is 24.3 Å². The molecule has 0 saturated heterocycles. The Morgan fingerprint density at radius 3 is 2.47 bits per heavy atom. The maximum Gasteiger partial charge on any atom is 0.265 e. The third-order valence-corrected chi connectivity index (χ3v) is 3.85. The van der Waals surface area contributed by atoms with Crippen LogP contribution in [0.4, 0.5) is 0 Å². The maximum atomic E-state index is 11.3. The lowest BCUT2D eigenvalue weighted by Gasteiger charge is -2.02. The molecule has 0 aliphatic rings. The van der Waals surface area contributed by atoms with Gasteiger partial charge in [-0.2, -0.15) is 5.10 Å². The summed E-state index contributed by atoms with van der Waals surface area (Å²) in [5.41, 5.74) is 2.35. The molecular weight excluding hydrogens is 260 g/mol. The van der Waals surface area contributed by atoms with Gasteiger partial charge in [-0.05, 0) is 12.0 Å². The zero-order valence-electron chi connectivity index (χ0n) is 9.14. The van der Waals surface area contributed by atoms with E-state index in [2.05, 4.69) is 17.1 Å². The van der Waals surface area contributed by atoms with Gasteiger partial charge in [0, 0.05) is 16.2 Å². The molecule has 0 unspecified atom stereocenters. The zero-order chi connectivity index (χ0) is 12.5. The number of aromatic nitrogens is 2. The molecule has 0 radical (unpaired) electrons. The molecule has 90 valence electrons. The van der Waals surface area contributed by atoms with Gasteiger partial charge in [-0.15, -0.1) is 0 Å². The standard InChI is InChI=1S/C11H11ClN2O2S/c1-2-8-3-5-9(6-4-8)11-10(7-13-14-11)17(12,15)16/h3-7H,2H2,1H3,(H,13,14). The second kappa shape index (κ2) is 4.50. The van der Waals surface area contributed by atoms with E-state index in [0.29, 0.717) is 5.69 Å². The molecule has 4 nitrogen and oxygen atoms in total. The third-order valence-electron chi connectivity index (χ3n) is 2.52. The van der Waals surface area contributed by atoms with E-state index in [9.17, 15) is 8.42 Å². The van der Waals surface area contributed by atoms with E-state index in [1.54, 1.807) is 0 Å². The van der Waals surface area contributed by atoms with Gasteiger partial charge in [-0.1, -0.05) is 31.2 Å². The van der Waals surface area contributed by atoms with Crippen LogP contribution in [0.5, 0.6) is 0 Å². The fourth-order valence-electron chi connectivity index (χ4n) is 1.57. The van der Waals surface area contributed by atoms with Crippen molar-refractivity contribution < 1.29 is 8.42 Å². The van der Waals surface area contributed by atoms with Gasteiger partial charge in [0.15, 0.2) is 0 Å². The minimum Gasteiger partial charge on any atom is -0.276 e. The van der Waals surface area contributed by atoms with Crippen LogP contribution in [0, 0.1) is 0 Å². The first-order valence-electron chi connectivity index (χ1n) is 5.09. The second-order valence-corrected chi connectivity index (χ2v) is 6.13. The number of hydrogen-bond acceptors (Lipinski definition) is 3. The maximum absolute atomic E-state index is 11.3. The van der Waals surface area contributed by atoms with Crippen LogP contribution in [-0.2, 0) is 15.5 Å². The van der Waals surface area contributed by atoms with Gasteiger partial charge in [-0.3, -0.25) is 5.10 Å². The monoisotopic (exact) mass is 270 g/mol. The average Bonchev–Trinajstić information content (AvgIpc) is 2.78. The van der Waals surface area contributed by atoms with Crippen LogP contribution in [0.1, 0.15) is 12.5 Å². The molecular formula is C11H11ClN2O2S. The Bertz CT molecular complexity index is 617. The van der Waals surface area contributed by atoms with Gasteiger partial charge in [-0.25, -0.2) is 8.42 Å². The second-order valence-electron chi connectivity index (χ2n) is 3.60. The molecule has 17 heavy (non-hydrogen) atoms. The summed E-state index contributed by atoms with van der Waals surface area (Å²) in [6, 6.07) is 7.58. The van der Waals surface area contributed by atoms with Crippen LogP contribution < -0.4 is 0 Å². The molecule has 6 heteroatoms. The van der Waals surface area contributed by atoms with E-state index >= 15 is 0 Å². The first-order valence-corrected chi connectivity index (χ1v) is 7.40. The van der Waals surface area contributed by atoms with Gasteiger partial charge in [0.1, 0.15) is 4.90 Å². The average molecular weight is 271 g/mol. The highest BCUT2D eigenvalue weighted by molar-refractivity contribution is 8.13. The van der Waals surface area contributed by atoms with Crippen molar-refractivity contribution >= 4 is 19.7 Å². The summed E-state index contributed by atoms with van der Waals surface area (Å²) in [4.78, 5) is 0.00316. The summed E-state index contributed by atoms with van der Waals surface area (Å²) in [5, 5.41) is 6.37. The number of benzene rings is 1. The van der Waals surface area contributed by atoms with Crippen LogP contribution in [0.3, 0.4) is 0 Å². The molecule has 0 spiro atoms. The lowest BCUT2D eigenvalue weighted by atomic mass is 10.1. The van der Waals surface area contributed by atoms with Crippen molar-refractivity contribution in [3.05, 3.63) is 36.0 Å². The number of aromatic amines is 1. The Morgan fingerprint density at radius 2 is 1.94 bits per heavy atom. The minimum absolute atomic E-state index is 0.00316. The van der Waals surface area contributed by atoms with E-state index in [1.165, 1.54) is 11.8 Å². The molecule has 0 atom stereocenters. The Kier molecular flexibility index (Phi) is 3.22. The van der Waals surface area contributed by atoms with Gasteiger partial charge in [0.25, 0.3) is 9.05 Å². The topological polar surface area (TPSA) is 62.8 Å². The summed E-state index contributed by atoms with van der Waals surface area (Å²) < 4.78 is 22.6. The summed E-state index contributed by atoms with van der Waals surface area (Å²) in [6.07, 6.45) is 2.15. The molecule has 0 aliphatic heterocycles. The van der Waals surface area contributed by atoms with Crippen LogP contribution >= 0.6 is 10.7 Å². The Morgan fingerprint density at radius 1 is 1.29 bits per heavy atom. The quantitative estimate of drug-likeness (QED) is 0.872. The normalized spacial score (nSPS) is 11.6. The molecule has 2 rings (SSSR count). The number of aryl methyl sites for hydroxylation is 1. The Labute approximate surface area is 104 Å². The molecule has 1 heterocycles. The molecule has 1 N–H and O–H groups in total. The summed E-state index contributed by atoms with van der Waals surface area (Å²) >= 11 is 0. The van der Waals surface area contributed by atoms with Crippen molar-refractivity contribution in [2.75, 3.05) is 0 Å². The predicted molar refractivity (Wildman–Crippen MR) is 66.4 cm³/mol. The third kappa shape index (κ3) is 2.50. The van der Waals surface area contributed by atoms with Crippen molar-refractivity contribution in [2.45, 2.75) is 18.2 Å². The molecule has 1 aromatic carbocycles. The molecule has 0 amide bonds. The summed E-state index contributed by atoms with van der Waals surface area (Å²) in [6.45, 7) is 2.06. The Balaban J connectivity index is 2.50. The molecule has 2 aromatic rings. The van der Waals surface area contributed by atoms with E-state index in [4.69, 9.17) is 10.7 Å². The minimum atomic E-state index is -3.78. The number of hydrogen-bond donors (Lipinski definition) is 1. The van der Waals surface area contributed by atoms with Crippen molar-refractivity contribution in [3.63, 3.8) is 0 Å². The van der Waals surface area contributed by atoms with Crippen molar-refractivity contribution in [1.82, 2.24) is 10.2 Å². The summed E-state index contributed by atoms with van der Waals surface area (Å²) in [5.74, 6) is 0. The fourth-order valence-corrected chi connectivity index (χ4v) is 2.51. The molecule has 0 aliphatic carbocycles. The van der Waals surface area contributed by atoms with Gasteiger partial charge < -0.3 is 0 Å². The smallest absolute Gasteiger partial charge is 0.265 e. The first kappa shape index (κ1) is 12.1. The van der Waals surface area contributed by atoms with E-state index in [-0.39, 0.29) is 4.90 Å². The van der Waals surface area contributed by atoms with Crippen LogP contribution in [0.25, 0.3) is 11.3 Å². The fraction of sp³-hybridized carbons (Fsp3) is 0.182. The van der Waals surface area contributed by atoms with Crippen LogP contribution in [-0.4, -0.2) is 18.6 Å². The first-order chi connectivity index (χ1) is 8.02. The SMILES string of the molecule is CCc1ccc(-c2[nH]ncc2S(=O)(=O)Cl)cc1.